The maximum absolute atomic E-state index is 12.4. The zero-order valence-electron chi connectivity index (χ0n) is 17.4. The summed E-state index contributed by atoms with van der Waals surface area (Å²) in [6, 6.07) is 28.7. The number of hydrogen-bond acceptors (Lipinski definition) is 4. The van der Waals surface area contributed by atoms with E-state index in [9.17, 15) is 4.79 Å². The summed E-state index contributed by atoms with van der Waals surface area (Å²) in [5.74, 6) is -0.0517. The van der Waals surface area contributed by atoms with Gasteiger partial charge in [0, 0.05) is 17.6 Å². The highest BCUT2D eigenvalue weighted by Crippen LogP contribution is 2.22. The molecule has 4 rings (SSSR count). The lowest BCUT2D eigenvalue weighted by atomic mass is 9.99. The monoisotopic (exact) mass is 427 g/mol. The number of aromatic nitrogens is 1. The average molecular weight is 428 g/mol. The molecule has 5 heteroatoms. The van der Waals surface area contributed by atoms with Crippen LogP contribution in [0.15, 0.2) is 90.3 Å². The molecule has 0 unspecified atom stereocenters. The van der Waals surface area contributed by atoms with Crippen LogP contribution in [0.3, 0.4) is 0 Å². The lowest BCUT2D eigenvalue weighted by Gasteiger charge is -2.19. The maximum atomic E-state index is 12.4. The Bertz CT molecular complexity index is 1070. The molecule has 1 amide bonds. The van der Waals surface area contributed by atoms with Crippen LogP contribution in [0.1, 0.15) is 33.4 Å². The Hall–Kier alpha value is -3.28. The number of anilines is 1. The van der Waals surface area contributed by atoms with Gasteiger partial charge in [-0.1, -0.05) is 78.4 Å². The average Bonchev–Trinajstić information content (AvgIpc) is 3.24. The minimum Gasteiger partial charge on any atom is -0.326 e. The number of benzene rings is 3. The molecule has 4 aromatic rings. The summed E-state index contributed by atoms with van der Waals surface area (Å²) in [6.45, 7) is 2.65. The van der Waals surface area contributed by atoms with Crippen molar-refractivity contribution in [1.29, 1.82) is 0 Å². The summed E-state index contributed by atoms with van der Waals surface area (Å²) < 4.78 is 0. The second-order valence-electron chi connectivity index (χ2n) is 7.46. The van der Waals surface area contributed by atoms with Crippen LogP contribution in [-0.2, 0) is 17.8 Å². The van der Waals surface area contributed by atoms with E-state index < -0.39 is 0 Å². The quantitative estimate of drug-likeness (QED) is 0.390. The number of rotatable bonds is 8. The summed E-state index contributed by atoms with van der Waals surface area (Å²) in [5.41, 5.74) is 5.34. The fourth-order valence-electron chi connectivity index (χ4n) is 3.42. The van der Waals surface area contributed by atoms with Gasteiger partial charge in [0.25, 0.3) is 0 Å². The molecule has 156 valence electrons. The van der Waals surface area contributed by atoms with Crippen molar-refractivity contribution in [3.05, 3.63) is 118 Å². The first-order valence-electron chi connectivity index (χ1n) is 10.3. The van der Waals surface area contributed by atoms with Gasteiger partial charge in [0.2, 0.25) is 5.91 Å². The second-order valence-corrected chi connectivity index (χ2v) is 8.40. The topological polar surface area (TPSA) is 54.0 Å². The summed E-state index contributed by atoms with van der Waals surface area (Å²) in [4.78, 5) is 17.0. The molecule has 0 fully saturated rings. The van der Waals surface area contributed by atoms with Crippen LogP contribution in [0.25, 0.3) is 0 Å². The van der Waals surface area contributed by atoms with Gasteiger partial charge in [0.15, 0.2) is 0 Å². The van der Waals surface area contributed by atoms with Crippen LogP contribution in [-0.4, -0.2) is 10.9 Å². The fourth-order valence-corrected chi connectivity index (χ4v) is 4.21. The molecule has 0 bridgehead atoms. The Morgan fingerprint density at radius 2 is 1.52 bits per heavy atom. The second kappa shape index (κ2) is 10.2. The van der Waals surface area contributed by atoms with Gasteiger partial charge in [-0.05, 0) is 30.2 Å². The standard InChI is InChI=1S/C26H25N3OS/c1-19-12-14-22(15-13-19)28-24(30)16-25-29-23(18-31-25)17-27-26(20-8-4-2-5-9-20)21-10-6-3-7-11-21/h2-15,18,26-27H,16-17H2,1H3,(H,28,30). The van der Waals surface area contributed by atoms with Crippen molar-refractivity contribution < 1.29 is 4.79 Å². The van der Waals surface area contributed by atoms with Crippen molar-refractivity contribution in [1.82, 2.24) is 10.3 Å². The minimum atomic E-state index is -0.0517. The van der Waals surface area contributed by atoms with Gasteiger partial charge >= 0.3 is 0 Å². The first kappa shape index (κ1) is 21.0. The molecule has 31 heavy (non-hydrogen) atoms. The van der Waals surface area contributed by atoms with E-state index in [1.54, 1.807) is 0 Å². The predicted molar refractivity (Wildman–Crippen MR) is 127 cm³/mol. The Labute approximate surface area is 187 Å². The number of nitrogens with one attached hydrogen (secondary N) is 2. The first-order chi connectivity index (χ1) is 15.2. The van der Waals surface area contributed by atoms with E-state index in [1.165, 1.54) is 28.0 Å². The van der Waals surface area contributed by atoms with Gasteiger partial charge in [-0.15, -0.1) is 11.3 Å². The third kappa shape index (κ3) is 5.87. The number of aryl methyl sites for hydroxylation is 1. The number of nitrogens with zero attached hydrogens (tertiary/aromatic N) is 1. The zero-order chi connectivity index (χ0) is 21.5. The molecule has 0 saturated heterocycles. The molecule has 0 atom stereocenters. The SMILES string of the molecule is Cc1ccc(NC(=O)Cc2nc(CNC(c3ccccc3)c3ccccc3)cs2)cc1. The maximum Gasteiger partial charge on any atom is 0.231 e. The van der Waals surface area contributed by atoms with Crippen LogP contribution < -0.4 is 10.6 Å². The van der Waals surface area contributed by atoms with E-state index >= 15 is 0 Å². The van der Waals surface area contributed by atoms with Gasteiger partial charge in [-0.3, -0.25) is 4.79 Å². The molecule has 1 aromatic heterocycles. The van der Waals surface area contributed by atoms with Crippen LogP contribution >= 0.6 is 11.3 Å². The molecule has 1 heterocycles. The van der Waals surface area contributed by atoms with Gasteiger partial charge in [-0.2, -0.15) is 0 Å². The van der Waals surface area contributed by atoms with Crippen molar-refractivity contribution in [2.24, 2.45) is 0 Å². The van der Waals surface area contributed by atoms with Crippen molar-refractivity contribution in [2.45, 2.75) is 25.9 Å². The first-order valence-corrected chi connectivity index (χ1v) is 11.2. The van der Waals surface area contributed by atoms with Crippen molar-refractivity contribution >= 4 is 22.9 Å². The molecule has 4 nitrogen and oxygen atoms in total. The molecule has 2 N–H and O–H groups in total. The van der Waals surface area contributed by atoms with Gasteiger partial charge < -0.3 is 10.6 Å². The van der Waals surface area contributed by atoms with Crippen molar-refractivity contribution in [3.8, 4) is 0 Å². The summed E-state index contributed by atoms with van der Waals surface area (Å²) >= 11 is 1.52. The molecular formula is C26H25N3OS. The van der Waals surface area contributed by atoms with Crippen LogP contribution in [0, 0.1) is 6.92 Å². The molecule has 0 aliphatic heterocycles. The third-order valence-electron chi connectivity index (χ3n) is 5.00. The van der Waals surface area contributed by atoms with E-state index in [0.717, 1.165) is 16.4 Å². The van der Waals surface area contributed by atoms with E-state index in [4.69, 9.17) is 0 Å². The van der Waals surface area contributed by atoms with E-state index in [2.05, 4.69) is 64.1 Å². The fraction of sp³-hybridized carbons (Fsp3) is 0.154. The Morgan fingerprint density at radius 1 is 0.903 bits per heavy atom. The highest BCUT2D eigenvalue weighted by Gasteiger charge is 2.14. The van der Waals surface area contributed by atoms with Crippen LogP contribution in [0.2, 0.25) is 0 Å². The van der Waals surface area contributed by atoms with Gasteiger partial charge in [-0.25, -0.2) is 4.98 Å². The smallest absolute Gasteiger partial charge is 0.231 e. The largest absolute Gasteiger partial charge is 0.326 e. The Kier molecular flexibility index (Phi) is 6.87. The number of carbonyl (C=O) groups is 1. The Morgan fingerprint density at radius 3 is 2.13 bits per heavy atom. The molecule has 0 saturated carbocycles. The zero-order valence-corrected chi connectivity index (χ0v) is 18.2. The number of thiazole rings is 1. The Balaban J connectivity index is 1.38. The molecule has 0 spiro atoms. The number of carbonyl (C=O) groups excluding carboxylic acids is 1. The van der Waals surface area contributed by atoms with E-state index in [-0.39, 0.29) is 18.4 Å². The highest BCUT2D eigenvalue weighted by molar-refractivity contribution is 7.09. The molecule has 0 radical (unpaired) electrons. The molecule has 0 aliphatic carbocycles. The van der Waals surface area contributed by atoms with Crippen LogP contribution in [0.4, 0.5) is 5.69 Å². The highest BCUT2D eigenvalue weighted by atomic mass is 32.1. The number of amides is 1. The lowest BCUT2D eigenvalue weighted by molar-refractivity contribution is -0.115. The summed E-state index contributed by atoms with van der Waals surface area (Å²) in [5, 5.41) is 9.40. The molecule has 0 aliphatic rings. The number of hydrogen-bond donors (Lipinski definition) is 2. The normalized spacial score (nSPS) is 10.9. The lowest BCUT2D eigenvalue weighted by Crippen LogP contribution is -2.22. The minimum absolute atomic E-state index is 0.0517. The summed E-state index contributed by atoms with van der Waals surface area (Å²) in [6.07, 6.45) is 0.277. The van der Waals surface area contributed by atoms with Gasteiger partial charge in [0.05, 0.1) is 18.2 Å². The van der Waals surface area contributed by atoms with Crippen molar-refractivity contribution in [3.63, 3.8) is 0 Å². The van der Waals surface area contributed by atoms with E-state index in [0.29, 0.717) is 6.54 Å². The van der Waals surface area contributed by atoms with Gasteiger partial charge in [0.1, 0.15) is 5.01 Å². The van der Waals surface area contributed by atoms with Crippen molar-refractivity contribution in [2.75, 3.05) is 5.32 Å². The molecular weight excluding hydrogens is 402 g/mol. The third-order valence-corrected chi connectivity index (χ3v) is 5.90. The van der Waals surface area contributed by atoms with Crippen LogP contribution in [0.5, 0.6) is 0 Å². The predicted octanol–water partition coefficient (Wildman–Crippen LogP) is 5.51. The summed E-state index contributed by atoms with van der Waals surface area (Å²) in [7, 11) is 0. The molecule has 3 aromatic carbocycles. The van der Waals surface area contributed by atoms with E-state index in [1.807, 2.05) is 48.7 Å².